The van der Waals surface area contributed by atoms with Gasteiger partial charge in [-0.15, -0.1) is 11.3 Å². The number of hydrogen-bond acceptors (Lipinski definition) is 2. The van der Waals surface area contributed by atoms with Gasteiger partial charge in [0.1, 0.15) is 0 Å². The largest absolute Gasteiger partial charge is 0.316 e. The first-order valence-corrected chi connectivity index (χ1v) is 7.93. The maximum atomic E-state index is 3.62. The molecule has 3 atom stereocenters. The Morgan fingerprint density at radius 1 is 1.41 bits per heavy atom. The maximum Gasteiger partial charge on any atom is 0.00795 e. The molecule has 96 valence electrons. The van der Waals surface area contributed by atoms with Gasteiger partial charge in [0.25, 0.3) is 0 Å². The van der Waals surface area contributed by atoms with Gasteiger partial charge in [-0.05, 0) is 61.6 Å². The molecular weight excluding hydrogens is 226 g/mol. The van der Waals surface area contributed by atoms with Crippen LogP contribution in [0.4, 0.5) is 0 Å². The summed E-state index contributed by atoms with van der Waals surface area (Å²) in [6.07, 6.45) is 5.45. The van der Waals surface area contributed by atoms with Crippen LogP contribution in [0.1, 0.15) is 50.3 Å². The third kappa shape index (κ3) is 3.56. The van der Waals surface area contributed by atoms with E-state index in [0.29, 0.717) is 0 Å². The van der Waals surface area contributed by atoms with Crippen molar-refractivity contribution in [1.29, 1.82) is 0 Å². The Bertz CT molecular complexity index is 307. The summed E-state index contributed by atoms with van der Waals surface area (Å²) < 4.78 is 0. The summed E-state index contributed by atoms with van der Waals surface area (Å²) in [6, 6.07) is 4.54. The van der Waals surface area contributed by atoms with Gasteiger partial charge in [-0.3, -0.25) is 0 Å². The fourth-order valence-electron chi connectivity index (χ4n) is 3.00. The van der Waals surface area contributed by atoms with E-state index >= 15 is 0 Å². The van der Waals surface area contributed by atoms with Crippen molar-refractivity contribution in [1.82, 2.24) is 5.32 Å². The van der Waals surface area contributed by atoms with Gasteiger partial charge in [-0.25, -0.2) is 0 Å². The van der Waals surface area contributed by atoms with Crippen molar-refractivity contribution < 1.29 is 0 Å². The lowest BCUT2D eigenvalue weighted by Crippen LogP contribution is -2.31. The van der Waals surface area contributed by atoms with E-state index < -0.39 is 0 Å². The maximum absolute atomic E-state index is 3.62. The quantitative estimate of drug-likeness (QED) is 0.771. The minimum Gasteiger partial charge on any atom is -0.316 e. The van der Waals surface area contributed by atoms with E-state index in [1.54, 1.807) is 4.88 Å². The molecular formula is C15H25NS. The van der Waals surface area contributed by atoms with Crippen LogP contribution in [-0.4, -0.2) is 13.1 Å². The molecule has 1 saturated carbocycles. The van der Waals surface area contributed by atoms with Crippen LogP contribution in [0.2, 0.25) is 0 Å². The summed E-state index contributed by atoms with van der Waals surface area (Å²) in [5, 5.41) is 5.84. The molecule has 1 aromatic heterocycles. The summed E-state index contributed by atoms with van der Waals surface area (Å²) >= 11 is 1.95. The van der Waals surface area contributed by atoms with Gasteiger partial charge in [-0.1, -0.05) is 26.3 Å². The highest BCUT2D eigenvalue weighted by Gasteiger charge is 2.29. The molecule has 0 amide bonds. The Hall–Kier alpha value is -0.340. The second-order valence-corrected chi connectivity index (χ2v) is 6.48. The second kappa shape index (κ2) is 6.55. The van der Waals surface area contributed by atoms with Crippen LogP contribution in [0.3, 0.4) is 0 Å². The lowest BCUT2D eigenvalue weighted by molar-refractivity contribution is 0.244. The molecule has 0 saturated heterocycles. The molecule has 1 N–H and O–H groups in total. The molecule has 1 aliphatic rings. The normalized spacial score (nSPS) is 29.4. The predicted octanol–water partition coefficient (Wildman–Crippen LogP) is 4.27. The Morgan fingerprint density at radius 3 is 3.00 bits per heavy atom. The van der Waals surface area contributed by atoms with Crippen LogP contribution in [0.15, 0.2) is 17.5 Å². The minimum atomic E-state index is 0.808. The van der Waals surface area contributed by atoms with E-state index in [1.807, 2.05) is 11.3 Å². The van der Waals surface area contributed by atoms with Crippen LogP contribution in [0.25, 0.3) is 0 Å². The van der Waals surface area contributed by atoms with Crippen molar-refractivity contribution in [3.05, 3.63) is 22.4 Å². The van der Waals surface area contributed by atoms with E-state index in [-0.39, 0.29) is 0 Å². The van der Waals surface area contributed by atoms with E-state index in [0.717, 1.165) is 17.8 Å². The van der Waals surface area contributed by atoms with Crippen molar-refractivity contribution >= 4 is 11.3 Å². The predicted molar refractivity (Wildman–Crippen MR) is 76.7 cm³/mol. The van der Waals surface area contributed by atoms with Gasteiger partial charge in [0.05, 0.1) is 0 Å². The van der Waals surface area contributed by atoms with Gasteiger partial charge < -0.3 is 5.32 Å². The fourth-order valence-corrected chi connectivity index (χ4v) is 3.94. The van der Waals surface area contributed by atoms with Crippen molar-refractivity contribution in [3.63, 3.8) is 0 Å². The zero-order chi connectivity index (χ0) is 12.1. The average molecular weight is 251 g/mol. The first-order valence-electron chi connectivity index (χ1n) is 7.05. The number of hydrogen-bond donors (Lipinski definition) is 1. The Kier molecular flexibility index (Phi) is 5.05. The minimum absolute atomic E-state index is 0.808. The third-order valence-corrected chi connectivity index (χ3v) is 5.00. The van der Waals surface area contributed by atoms with Crippen LogP contribution < -0.4 is 5.32 Å². The Balaban J connectivity index is 1.96. The molecule has 0 spiro atoms. The van der Waals surface area contributed by atoms with Gasteiger partial charge in [0.15, 0.2) is 0 Å². The molecule has 0 aliphatic heterocycles. The van der Waals surface area contributed by atoms with Gasteiger partial charge in [0.2, 0.25) is 0 Å². The number of thiophene rings is 1. The standard InChI is InChI=1S/C15H25NS/c1-3-8-16-11-13-7-6-12(2)10-14(13)15-5-4-9-17-15/h4-5,9,12-14,16H,3,6-8,10-11H2,1-2H3. The van der Waals surface area contributed by atoms with Crippen LogP contribution in [0.5, 0.6) is 0 Å². The van der Waals surface area contributed by atoms with Gasteiger partial charge in [0, 0.05) is 4.88 Å². The molecule has 1 aromatic rings. The van der Waals surface area contributed by atoms with E-state index in [2.05, 4.69) is 36.7 Å². The highest BCUT2D eigenvalue weighted by Crippen LogP contribution is 2.41. The van der Waals surface area contributed by atoms with E-state index in [9.17, 15) is 0 Å². The molecule has 1 heterocycles. The van der Waals surface area contributed by atoms with Gasteiger partial charge in [-0.2, -0.15) is 0 Å². The van der Waals surface area contributed by atoms with E-state index in [4.69, 9.17) is 0 Å². The third-order valence-electron chi connectivity index (χ3n) is 4.00. The van der Waals surface area contributed by atoms with Crippen LogP contribution in [0, 0.1) is 11.8 Å². The topological polar surface area (TPSA) is 12.0 Å². The van der Waals surface area contributed by atoms with E-state index in [1.165, 1.54) is 38.8 Å². The lowest BCUT2D eigenvalue weighted by Gasteiger charge is -2.34. The number of nitrogens with one attached hydrogen (secondary N) is 1. The zero-order valence-electron chi connectivity index (χ0n) is 11.1. The smallest absolute Gasteiger partial charge is 0.00795 e. The molecule has 3 unspecified atom stereocenters. The monoisotopic (exact) mass is 251 g/mol. The second-order valence-electron chi connectivity index (χ2n) is 5.50. The average Bonchev–Trinajstić information content (AvgIpc) is 2.85. The molecule has 1 nitrogen and oxygen atoms in total. The first-order chi connectivity index (χ1) is 8.31. The highest BCUT2D eigenvalue weighted by molar-refractivity contribution is 7.10. The summed E-state index contributed by atoms with van der Waals surface area (Å²) in [5.41, 5.74) is 0. The summed E-state index contributed by atoms with van der Waals surface area (Å²) in [4.78, 5) is 1.61. The Morgan fingerprint density at radius 2 is 2.29 bits per heavy atom. The first kappa shape index (κ1) is 13.1. The van der Waals surface area contributed by atoms with Crippen molar-refractivity contribution in [3.8, 4) is 0 Å². The van der Waals surface area contributed by atoms with Gasteiger partial charge >= 0.3 is 0 Å². The SMILES string of the molecule is CCCNCC1CCC(C)CC1c1cccs1. The fraction of sp³-hybridized carbons (Fsp3) is 0.733. The molecule has 2 rings (SSSR count). The number of rotatable bonds is 5. The summed E-state index contributed by atoms with van der Waals surface area (Å²) in [6.45, 7) is 7.04. The summed E-state index contributed by atoms with van der Waals surface area (Å²) in [5.74, 6) is 2.57. The van der Waals surface area contributed by atoms with Crippen LogP contribution in [-0.2, 0) is 0 Å². The van der Waals surface area contributed by atoms with Crippen LogP contribution >= 0.6 is 11.3 Å². The molecule has 2 heteroatoms. The highest BCUT2D eigenvalue weighted by atomic mass is 32.1. The lowest BCUT2D eigenvalue weighted by atomic mass is 9.74. The van der Waals surface area contributed by atoms with Crippen molar-refractivity contribution in [2.75, 3.05) is 13.1 Å². The van der Waals surface area contributed by atoms with Crippen molar-refractivity contribution in [2.45, 2.75) is 45.4 Å². The molecule has 1 aliphatic carbocycles. The summed E-state index contributed by atoms with van der Waals surface area (Å²) in [7, 11) is 0. The molecule has 0 radical (unpaired) electrons. The molecule has 17 heavy (non-hydrogen) atoms. The molecule has 0 aromatic carbocycles. The van der Waals surface area contributed by atoms with Crippen molar-refractivity contribution in [2.24, 2.45) is 11.8 Å². The Labute approximate surface area is 110 Å². The molecule has 1 fully saturated rings. The zero-order valence-corrected chi connectivity index (χ0v) is 11.9. The molecule has 0 bridgehead atoms.